The summed E-state index contributed by atoms with van der Waals surface area (Å²) in [6, 6.07) is 15.3. The monoisotopic (exact) mass is 422 g/mol. The van der Waals surface area contributed by atoms with Crippen LogP contribution in [0.4, 0.5) is 0 Å². The lowest BCUT2D eigenvalue weighted by molar-refractivity contribution is -0.343. The topological polar surface area (TPSA) is 43.4 Å². The first-order chi connectivity index (χ1) is 15.2. The van der Waals surface area contributed by atoms with Gasteiger partial charge in [0.2, 0.25) is 0 Å². The second-order valence-corrected chi connectivity index (χ2v) is 7.52. The molecule has 4 rings (SSSR count). The molecule has 0 aromatic heterocycles. The number of allylic oxidation sites excluding steroid dienone is 2. The Morgan fingerprint density at radius 1 is 1.03 bits per heavy atom. The Bertz CT molecular complexity index is 952. The van der Waals surface area contributed by atoms with E-state index in [0.717, 1.165) is 24.9 Å². The number of ether oxygens (including phenoxy) is 2. The van der Waals surface area contributed by atoms with Crippen LogP contribution in [0.2, 0.25) is 0 Å². The van der Waals surface area contributed by atoms with E-state index >= 15 is 0 Å². The fourth-order valence-corrected chi connectivity index (χ4v) is 4.38. The van der Waals surface area contributed by atoms with Crippen molar-refractivity contribution >= 4 is 5.70 Å². The molecule has 2 aromatic rings. The summed E-state index contributed by atoms with van der Waals surface area (Å²) in [5.74, 6) is 1.41. The van der Waals surface area contributed by atoms with E-state index in [4.69, 9.17) is 19.1 Å². The molecule has 0 spiro atoms. The van der Waals surface area contributed by atoms with Crippen LogP contribution < -0.4 is 9.47 Å². The quantitative estimate of drug-likeness (QED) is 0.558. The maximum Gasteiger partial charge on any atom is 0.161 e. The van der Waals surface area contributed by atoms with Gasteiger partial charge in [0.05, 0.1) is 33.9 Å². The van der Waals surface area contributed by atoms with Crippen LogP contribution in [-0.4, -0.2) is 51.2 Å². The molecule has 6 heteroatoms. The predicted molar refractivity (Wildman–Crippen MR) is 121 cm³/mol. The van der Waals surface area contributed by atoms with Crippen molar-refractivity contribution in [3.8, 4) is 11.5 Å². The Labute approximate surface area is 184 Å². The van der Waals surface area contributed by atoms with E-state index in [0.29, 0.717) is 30.7 Å². The molecule has 1 unspecified atom stereocenters. The molecule has 0 radical (unpaired) electrons. The van der Waals surface area contributed by atoms with Crippen LogP contribution in [0.3, 0.4) is 0 Å². The molecule has 1 aliphatic carbocycles. The van der Waals surface area contributed by atoms with Crippen molar-refractivity contribution in [2.24, 2.45) is 0 Å². The largest absolute Gasteiger partial charge is 0.493 e. The smallest absolute Gasteiger partial charge is 0.161 e. The molecule has 0 N–H and O–H groups in total. The Balaban J connectivity index is 1.57. The number of rotatable bonds is 9. The number of aryl methyl sites for hydroxylation is 1. The number of hydrogen-bond donors (Lipinski definition) is 0. The van der Waals surface area contributed by atoms with Crippen LogP contribution in [0.25, 0.3) is 5.70 Å². The lowest BCUT2D eigenvalue weighted by Gasteiger charge is -2.35. The summed E-state index contributed by atoms with van der Waals surface area (Å²) in [7, 11) is 4.77. The molecule has 0 saturated heterocycles. The van der Waals surface area contributed by atoms with Crippen molar-refractivity contribution in [3.63, 3.8) is 0 Å². The van der Waals surface area contributed by atoms with Crippen LogP contribution in [0.5, 0.6) is 11.5 Å². The third-order valence-electron chi connectivity index (χ3n) is 5.88. The fraction of sp³-hybridized carbons (Fsp3) is 0.360. The Hall–Kier alpha value is -2.80. The first-order valence-electron chi connectivity index (χ1n) is 10.6. The molecule has 1 atom stereocenters. The highest BCUT2D eigenvalue weighted by molar-refractivity contribution is 5.70. The number of benzene rings is 2. The van der Waals surface area contributed by atoms with E-state index in [2.05, 4.69) is 59.5 Å². The molecule has 31 heavy (non-hydrogen) atoms. The van der Waals surface area contributed by atoms with Crippen molar-refractivity contribution < 1.29 is 19.1 Å². The maximum absolute atomic E-state index is 6.02. The molecule has 2 aromatic carbocycles. The zero-order chi connectivity index (χ0) is 21.6. The first kappa shape index (κ1) is 21.4. The molecular formula is C25H30N2O4. The van der Waals surface area contributed by atoms with E-state index in [-0.39, 0.29) is 0 Å². The van der Waals surface area contributed by atoms with Gasteiger partial charge < -0.3 is 14.4 Å². The highest BCUT2D eigenvalue weighted by atomic mass is 16.9. The van der Waals surface area contributed by atoms with E-state index in [9.17, 15) is 0 Å². The van der Waals surface area contributed by atoms with Crippen LogP contribution >= 0.6 is 0 Å². The van der Waals surface area contributed by atoms with Gasteiger partial charge in [0.15, 0.2) is 11.5 Å². The minimum Gasteiger partial charge on any atom is -0.493 e. The average Bonchev–Trinajstić information content (AvgIpc) is 3.26. The minimum absolute atomic E-state index is 0.385. The highest BCUT2D eigenvalue weighted by Crippen LogP contribution is 2.41. The number of methoxy groups -OCH3 is 1. The molecule has 0 amide bonds. The standard InChI is InChI=1S/C25H30N2O4/c1-28-24-14-12-20(18-25(24)31-17-16-27(29-2)30-3)22-10-6-7-15-26(22)23-13-11-19-8-4-5-9-21(19)23/h4-10,12,14,18,23H,11,13,15-17H2,1-3H3. The van der Waals surface area contributed by atoms with Gasteiger partial charge in [-0.25, -0.2) is 0 Å². The molecule has 0 fully saturated rings. The lowest BCUT2D eigenvalue weighted by atomic mass is 10.0. The fourth-order valence-electron chi connectivity index (χ4n) is 4.38. The predicted octanol–water partition coefficient (Wildman–Crippen LogP) is 4.40. The van der Waals surface area contributed by atoms with Gasteiger partial charge >= 0.3 is 0 Å². The summed E-state index contributed by atoms with van der Waals surface area (Å²) >= 11 is 0. The van der Waals surface area contributed by atoms with Gasteiger partial charge in [0, 0.05) is 17.8 Å². The molecule has 164 valence electrons. The molecule has 0 saturated carbocycles. The average molecular weight is 423 g/mol. The molecular weight excluding hydrogens is 392 g/mol. The Morgan fingerprint density at radius 3 is 2.68 bits per heavy atom. The van der Waals surface area contributed by atoms with E-state index in [1.807, 2.05) is 6.07 Å². The Kier molecular flexibility index (Phi) is 6.92. The summed E-state index contributed by atoms with van der Waals surface area (Å²) in [5, 5.41) is 1.37. The molecule has 0 bridgehead atoms. The summed E-state index contributed by atoms with van der Waals surface area (Å²) in [6.07, 6.45) is 8.80. The third-order valence-corrected chi connectivity index (χ3v) is 5.88. The molecule has 6 nitrogen and oxygen atoms in total. The lowest BCUT2D eigenvalue weighted by Crippen LogP contribution is -2.28. The van der Waals surface area contributed by atoms with Gasteiger partial charge in [-0.15, -0.1) is 0 Å². The summed E-state index contributed by atoms with van der Waals surface area (Å²) < 4.78 is 11.5. The molecule has 1 aliphatic heterocycles. The van der Waals surface area contributed by atoms with Crippen molar-refractivity contribution in [2.75, 3.05) is 41.0 Å². The van der Waals surface area contributed by atoms with Crippen molar-refractivity contribution in [3.05, 3.63) is 77.4 Å². The van der Waals surface area contributed by atoms with Crippen LogP contribution in [0, 0.1) is 0 Å². The second kappa shape index (κ2) is 10.0. The molecule has 1 heterocycles. The van der Waals surface area contributed by atoms with E-state index in [1.54, 1.807) is 21.3 Å². The zero-order valence-electron chi connectivity index (χ0n) is 18.4. The van der Waals surface area contributed by atoms with Gasteiger partial charge in [0.25, 0.3) is 0 Å². The van der Waals surface area contributed by atoms with E-state index < -0.39 is 0 Å². The summed E-state index contributed by atoms with van der Waals surface area (Å²) in [4.78, 5) is 12.7. The van der Waals surface area contributed by atoms with Gasteiger partial charge in [-0.05, 0) is 48.2 Å². The highest BCUT2D eigenvalue weighted by Gasteiger charge is 2.29. The van der Waals surface area contributed by atoms with Crippen molar-refractivity contribution in [1.82, 2.24) is 10.1 Å². The number of fused-ring (bicyclic) bond motifs is 1. The van der Waals surface area contributed by atoms with Crippen LogP contribution in [-0.2, 0) is 16.1 Å². The maximum atomic E-state index is 6.02. The van der Waals surface area contributed by atoms with E-state index in [1.165, 1.54) is 22.1 Å². The van der Waals surface area contributed by atoms with Crippen LogP contribution in [0.1, 0.15) is 29.2 Å². The van der Waals surface area contributed by atoms with Crippen LogP contribution in [0.15, 0.2) is 60.7 Å². The van der Waals surface area contributed by atoms with Gasteiger partial charge in [-0.1, -0.05) is 41.6 Å². The number of hydroxylamine groups is 2. The van der Waals surface area contributed by atoms with Crippen molar-refractivity contribution in [2.45, 2.75) is 18.9 Å². The van der Waals surface area contributed by atoms with Gasteiger partial charge in [0.1, 0.15) is 6.61 Å². The second-order valence-electron chi connectivity index (χ2n) is 7.52. The number of hydrogen-bond acceptors (Lipinski definition) is 6. The van der Waals surface area contributed by atoms with Crippen molar-refractivity contribution in [1.29, 1.82) is 0 Å². The molecule has 2 aliphatic rings. The first-order valence-corrected chi connectivity index (χ1v) is 10.6. The summed E-state index contributed by atoms with van der Waals surface area (Å²) in [5.41, 5.74) is 5.21. The Morgan fingerprint density at radius 2 is 1.87 bits per heavy atom. The SMILES string of the molecule is COc1ccc(C2=CC=CCN2C2CCc3ccccc32)cc1OCCN(OC)OC. The zero-order valence-corrected chi connectivity index (χ0v) is 18.4. The van der Waals surface area contributed by atoms with Gasteiger partial charge in [-0.2, -0.15) is 0 Å². The number of nitrogens with zero attached hydrogens (tertiary/aromatic N) is 2. The normalized spacial score (nSPS) is 17.6. The minimum atomic E-state index is 0.385. The van der Waals surface area contributed by atoms with Gasteiger partial charge in [-0.3, -0.25) is 9.68 Å². The summed E-state index contributed by atoms with van der Waals surface area (Å²) in [6.45, 7) is 1.76. The third kappa shape index (κ3) is 4.61.